The van der Waals surface area contributed by atoms with Gasteiger partial charge in [0.1, 0.15) is 5.75 Å². The molecule has 25 heavy (non-hydrogen) atoms. The molecule has 132 valence electrons. The minimum atomic E-state index is 0.0363. The molecule has 0 spiro atoms. The van der Waals surface area contributed by atoms with E-state index in [1.54, 1.807) is 12.1 Å². The van der Waals surface area contributed by atoms with Crippen LogP contribution < -0.4 is 0 Å². The van der Waals surface area contributed by atoms with Crippen molar-refractivity contribution in [3.8, 4) is 5.75 Å². The molecule has 3 rings (SSSR count). The highest BCUT2D eigenvalue weighted by Gasteiger charge is 2.23. The highest BCUT2D eigenvalue weighted by molar-refractivity contribution is 6.32. The van der Waals surface area contributed by atoms with Crippen molar-refractivity contribution in [1.82, 2.24) is 4.90 Å². The van der Waals surface area contributed by atoms with E-state index in [2.05, 4.69) is 12.1 Å². The van der Waals surface area contributed by atoms with Gasteiger partial charge in [-0.1, -0.05) is 48.0 Å². The number of benzene rings is 2. The molecule has 1 fully saturated rings. The molecule has 0 unspecified atom stereocenters. The third-order valence-electron chi connectivity index (χ3n) is 4.49. The van der Waals surface area contributed by atoms with Gasteiger partial charge in [0, 0.05) is 13.1 Å². The Morgan fingerprint density at radius 2 is 1.84 bits per heavy atom. The Labute approximate surface area is 153 Å². The van der Waals surface area contributed by atoms with Gasteiger partial charge >= 0.3 is 0 Å². The number of piperidine rings is 1. The van der Waals surface area contributed by atoms with Crippen LogP contribution >= 0.6 is 11.6 Å². The van der Waals surface area contributed by atoms with Gasteiger partial charge in [0.2, 0.25) is 5.91 Å². The second kappa shape index (κ2) is 8.37. The fourth-order valence-electron chi connectivity index (χ4n) is 3.01. The Morgan fingerprint density at radius 3 is 2.52 bits per heavy atom. The van der Waals surface area contributed by atoms with Gasteiger partial charge in [-0.3, -0.25) is 4.79 Å². The predicted molar refractivity (Wildman–Crippen MR) is 97.7 cm³/mol. The first-order valence-electron chi connectivity index (χ1n) is 8.52. The lowest BCUT2D eigenvalue weighted by atomic mass is 10.1. The van der Waals surface area contributed by atoms with Crippen LogP contribution in [0, 0.1) is 0 Å². The molecule has 2 aromatic rings. The van der Waals surface area contributed by atoms with Crippen LogP contribution in [0.25, 0.3) is 0 Å². The van der Waals surface area contributed by atoms with Crippen molar-refractivity contribution in [3.05, 3.63) is 64.7 Å². The Kier molecular flexibility index (Phi) is 5.95. The number of ether oxygens (including phenoxy) is 1. The number of nitrogens with zero attached hydrogens (tertiary/aromatic N) is 1. The molecule has 1 N–H and O–H groups in total. The van der Waals surface area contributed by atoms with E-state index < -0.39 is 0 Å². The van der Waals surface area contributed by atoms with Crippen LogP contribution in [0.2, 0.25) is 5.02 Å². The molecule has 0 atom stereocenters. The van der Waals surface area contributed by atoms with Crippen LogP contribution in [0.4, 0.5) is 0 Å². The van der Waals surface area contributed by atoms with Crippen molar-refractivity contribution in [2.24, 2.45) is 0 Å². The molecule has 1 amide bonds. The van der Waals surface area contributed by atoms with Crippen LogP contribution in [0.3, 0.4) is 0 Å². The van der Waals surface area contributed by atoms with E-state index in [0.29, 0.717) is 26.1 Å². The minimum absolute atomic E-state index is 0.0363. The summed E-state index contributed by atoms with van der Waals surface area (Å²) >= 11 is 5.90. The fraction of sp³-hybridized carbons (Fsp3) is 0.350. The zero-order chi connectivity index (χ0) is 17.6. The topological polar surface area (TPSA) is 49.8 Å². The van der Waals surface area contributed by atoms with Gasteiger partial charge in [0.05, 0.1) is 24.2 Å². The molecule has 1 heterocycles. The van der Waals surface area contributed by atoms with E-state index >= 15 is 0 Å². The molecule has 1 aliphatic heterocycles. The number of likely N-dealkylation sites (tertiary alicyclic amines) is 1. The first kappa shape index (κ1) is 17.8. The summed E-state index contributed by atoms with van der Waals surface area (Å²) in [5.41, 5.74) is 1.99. The van der Waals surface area contributed by atoms with Crippen LogP contribution in [-0.4, -0.2) is 35.1 Å². The lowest BCUT2D eigenvalue weighted by molar-refractivity contribution is -0.133. The van der Waals surface area contributed by atoms with E-state index in [1.807, 2.05) is 23.1 Å². The highest BCUT2D eigenvalue weighted by atomic mass is 35.5. The van der Waals surface area contributed by atoms with E-state index in [0.717, 1.165) is 18.4 Å². The van der Waals surface area contributed by atoms with Gasteiger partial charge in [0.15, 0.2) is 0 Å². The van der Waals surface area contributed by atoms with Gasteiger partial charge < -0.3 is 14.7 Å². The number of carbonyl (C=O) groups is 1. The van der Waals surface area contributed by atoms with Crippen LogP contribution in [0.5, 0.6) is 5.75 Å². The molecular weight excluding hydrogens is 338 g/mol. The van der Waals surface area contributed by atoms with E-state index in [9.17, 15) is 9.90 Å². The average Bonchev–Trinajstić information content (AvgIpc) is 2.64. The zero-order valence-electron chi connectivity index (χ0n) is 14.0. The monoisotopic (exact) mass is 359 g/mol. The Hall–Kier alpha value is -2.04. The van der Waals surface area contributed by atoms with E-state index in [-0.39, 0.29) is 22.8 Å². The van der Waals surface area contributed by atoms with E-state index in [4.69, 9.17) is 16.3 Å². The molecule has 0 saturated carbocycles. The van der Waals surface area contributed by atoms with Gasteiger partial charge in [-0.15, -0.1) is 0 Å². The average molecular weight is 360 g/mol. The maximum absolute atomic E-state index is 12.4. The number of phenols is 1. The third kappa shape index (κ3) is 4.97. The molecular formula is C20H22ClNO3. The molecule has 0 aliphatic carbocycles. The number of carbonyl (C=O) groups excluding carboxylic acids is 1. The maximum atomic E-state index is 12.4. The van der Waals surface area contributed by atoms with Crippen LogP contribution in [0.1, 0.15) is 24.0 Å². The van der Waals surface area contributed by atoms with Gasteiger partial charge in [0.25, 0.3) is 0 Å². The number of hydrogen-bond donors (Lipinski definition) is 1. The summed E-state index contributed by atoms with van der Waals surface area (Å²) < 4.78 is 5.96. The first-order valence-corrected chi connectivity index (χ1v) is 8.90. The smallest absolute Gasteiger partial charge is 0.226 e. The van der Waals surface area contributed by atoms with E-state index in [1.165, 1.54) is 11.6 Å². The summed E-state index contributed by atoms with van der Waals surface area (Å²) in [6, 6.07) is 15.0. The second-order valence-electron chi connectivity index (χ2n) is 6.34. The Bertz CT molecular complexity index is 712. The number of hydrogen-bond acceptors (Lipinski definition) is 3. The fourth-order valence-corrected chi connectivity index (χ4v) is 3.21. The molecule has 0 radical (unpaired) electrons. The third-order valence-corrected chi connectivity index (χ3v) is 4.79. The Balaban J connectivity index is 1.45. The number of phenolic OH excluding ortho intramolecular Hbond substituents is 1. The van der Waals surface area contributed by atoms with Crippen LogP contribution in [0.15, 0.2) is 48.5 Å². The van der Waals surface area contributed by atoms with Gasteiger partial charge in [-0.05, 0) is 36.1 Å². The van der Waals surface area contributed by atoms with Crippen molar-refractivity contribution >= 4 is 17.5 Å². The van der Waals surface area contributed by atoms with Gasteiger partial charge in [-0.25, -0.2) is 0 Å². The molecule has 2 aromatic carbocycles. The SMILES string of the molecule is O=C(Cc1ccc(O)c(Cl)c1)N1CCC(OCc2ccccc2)CC1. The van der Waals surface area contributed by atoms with Gasteiger partial charge in [-0.2, -0.15) is 0 Å². The predicted octanol–water partition coefficient (Wildman–Crippen LogP) is 3.80. The molecule has 5 heteroatoms. The maximum Gasteiger partial charge on any atom is 0.226 e. The number of amides is 1. The standard InChI is InChI=1S/C20H22ClNO3/c21-18-12-16(6-7-19(18)23)13-20(24)22-10-8-17(9-11-22)25-14-15-4-2-1-3-5-15/h1-7,12,17,23H,8-11,13-14H2. The molecule has 4 nitrogen and oxygen atoms in total. The van der Waals surface area contributed by atoms with Crippen molar-refractivity contribution in [3.63, 3.8) is 0 Å². The molecule has 1 saturated heterocycles. The van der Waals surface area contributed by atoms with Crippen molar-refractivity contribution < 1.29 is 14.6 Å². The summed E-state index contributed by atoms with van der Waals surface area (Å²) in [6.45, 7) is 2.04. The molecule has 0 bridgehead atoms. The minimum Gasteiger partial charge on any atom is -0.506 e. The molecule has 0 aromatic heterocycles. The summed E-state index contributed by atoms with van der Waals surface area (Å²) in [5, 5.41) is 9.72. The quantitative estimate of drug-likeness (QED) is 0.883. The van der Waals surface area contributed by atoms with Crippen LogP contribution in [-0.2, 0) is 22.6 Å². The highest BCUT2D eigenvalue weighted by Crippen LogP contribution is 2.24. The zero-order valence-corrected chi connectivity index (χ0v) is 14.8. The first-order chi connectivity index (χ1) is 12.1. The van der Waals surface area contributed by atoms with Crippen molar-refractivity contribution in [2.45, 2.75) is 32.0 Å². The summed E-state index contributed by atoms with van der Waals surface area (Å²) in [4.78, 5) is 14.3. The number of halogens is 1. The largest absolute Gasteiger partial charge is 0.506 e. The Morgan fingerprint density at radius 1 is 1.12 bits per heavy atom. The summed E-state index contributed by atoms with van der Waals surface area (Å²) in [5.74, 6) is 0.123. The van der Waals surface area contributed by atoms with Crippen molar-refractivity contribution in [1.29, 1.82) is 0 Å². The molecule has 1 aliphatic rings. The number of rotatable bonds is 5. The second-order valence-corrected chi connectivity index (χ2v) is 6.75. The number of aromatic hydroxyl groups is 1. The lowest BCUT2D eigenvalue weighted by Crippen LogP contribution is -2.41. The summed E-state index contributed by atoms with van der Waals surface area (Å²) in [7, 11) is 0. The van der Waals surface area contributed by atoms with Crippen molar-refractivity contribution in [2.75, 3.05) is 13.1 Å². The summed E-state index contributed by atoms with van der Waals surface area (Å²) in [6.07, 6.45) is 2.21. The normalized spacial score (nSPS) is 15.3. The lowest BCUT2D eigenvalue weighted by Gasteiger charge is -2.32.